The molecular formula is C20H20FN6O3-. The summed E-state index contributed by atoms with van der Waals surface area (Å²) < 4.78 is 24.9. The lowest BCUT2D eigenvalue weighted by Crippen LogP contribution is -2.23. The van der Waals surface area contributed by atoms with E-state index in [1.165, 1.54) is 17.6 Å². The fourth-order valence-corrected chi connectivity index (χ4v) is 2.88. The van der Waals surface area contributed by atoms with Crippen molar-refractivity contribution in [2.24, 2.45) is 0 Å². The van der Waals surface area contributed by atoms with Gasteiger partial charge in [0.2, 0.25) is 11.7 Å². The monoisotopic (exact) mass is 411 g/mol. The van der Waals surface area contributed by atoms with Gasteiger partial charge in [-0.3, -0.25) is 0 Å². The first-order chi connectivity index (χ1) is 14.5. The lowest BCUT2D eigenvalue weighted by Gasteiger charge is -2.24. The van der Waals surface area contributed by atoms with Crippen molar-refractivity contribution in [1.82, 2.24) is 20.1 Å². The Bertz CT molecular complexity index is 1040. The fourth-order valence-electron chi connectivity index (χ4n) is 2.88. The molecule has 9 nitrogen and oxygen atoms in total. The van der Waals surface area contributed by atoms with E-state index in [1.807, 2.05) is 30.3 Å². The first-order valence-electron chi connectivity index (χ1n) is 9.31. The predicted octanol–water partition coefficient (Wildman–Crippen LogP) is 3.05. The maximum Gasteiger partial charge on any atom is 0.288 e. The minimum Gasteiger partial charge on any atom is -0.752 e. The number of nitrogens with zero attached hydrogens (tertiary/aromatic N) is 6. The summed E-state index contributed by atoms with van der Waals surface area (Å²) in [5.74, 6) is 0.189. The molecule has 0 spiro atoms. The third kappa shape index (κ3) is 4.23. The van der Waals surface area contributed by atoms with Crippen LogP contribution in [0.4, 0.5) is 16.2 Å². The Hall–Kier alpha value is -3.53. The molecule has 0 unspecified atom stereocenters. The Balaban J connectivity index is 1.48. The van der Waals surface area contributed by atoms with E-state index >= 15 is 0 Å². The van der Waals surface area contributed by atoms with Crippen molar-refractivity contribution >= 4 is 18.2 Å². The van der Waals surface area contributed by atoms with E-state index in [0.717, 1.165) is 11.8 Å². The van der Waals surface area contributed by atoms with Crippen LogP contribution in [0.1, 0.15) is 37.2 Å². The molecule has 2 atom stereocenters. The summed E-state index contributed by atoms with van der Waals surface area (Å²) in [6.45, 7) is 4.77. The maximum absolute atomic E-state index is 14.3. The van der Waals surface area contributed by atoms with Crippen molar-refractivity contribution in [3.63, 3.8) is 0 Å². The molecule has 3 aromatic rings. The van der Waals surface area contributed by atoms with Crippen molar-refractivity contribution in [2.45, 2.75) is 32.4 Å². The highest BCUT2D eigenvalue weighted by atomic mass is 19.1. The summed E-state index contributed by atoms with van der Waals surface area (Å²) >= 11 is 0. The molecule has 0 saturated carbocycles. The summed E-state index contributed by atoms with van der Waals surface area (Å²) in [5, 5.41) is 18.2. The summed E-state index contributed by atoms with van der Waals surface area (Å²) in [4.78, 5) is 12.5. The summed E-state index contributed by atoms with van der Waals surface area (Å²) in [7, 11) is 0. The van der Waals surface area contributed by atoms with Gasteiger partial charge < -0.3 is 29.2 Å². The molecule has 156 valence electrons. The maximum atomic E-state index is 14.3. The Morgan fingerprint density at radius 1 is 1.40 bits per heavy atom. The number of rotatable bonds is 7. The highest BCUT2D eigenvalue weighted by Crippen LogP contribution is 2.31. The van der Waals surface area contributed by atoms with Crippen LogP contribution in [0.2, 0.25) is 0 Å². The number of benzene rings is 1. The number of hydrogen-bond donors (Lipinski definition) is 1. The molecule has 30 heavy (non-hydrogen) atoms. The standard InChI is InChI=1S/C20H20FN6O3/c1-12(18-24-17(30-26-18)8-14-6-4-3-5-7-14)23-20-22-9-15(21)19(25-20)27-11-29-10-16(27)13(2)28/h3-7,9-13,28-29H,8H2,1-2H3/q-1/t12-,13-/m1/s1. The Kier molecular flexibility index (Phi) is 5.57. The van der Waals surface area contributed by atoms with Gasteiger partial charge in [-0.2, -0.15) is 9.37 Å². The molecule has 0 fully saturated rings. The highest BCUT2D eigenvalue weighted by molar-refractivity contribution is 5.48. The van der Waals surface area contributed by atoms with Gasteiger partial charge in [0.05, 0.1) is 6.42 Å². The van der Waals surface area contributed by atoms with Crippen molar-refractivity contribution < 1.29 is 23.3 Å². The highest BCUT2D eigenvalue weighted by Gasteiger charge is 2.24. The molecule has 0 radical (unpaired) electrons. The van der Waals surface area contributed by atoms with Crippen LogP contribution in [0.25, 0.3) is 5.32 Å². The number of halogens is 1. The third-order valence-corrected chi connectivity index (χ3v) is 4.40. The van der Waals surface area contributed by atoms with E-state index in [-0.39, 0.29) is 11.8 Å². The molecule has 0 bridgehead atoms. The zero-order valence-electron chi connectivity index (χ0n) is 16.3. The van der Waals surface area contributed by atoms with E-state index in [4.69, 9.17) is 4.52 Å². The second-order valence-electron chi connectivity index (χ2n) is 6.72. The number of aromatic nitrogens is 4. The topological polar surface area (TPSA) is 116 Å². The van der Waals surface area contributed by atoms with Gasteiger partial charge in [-0.25, -0.2) is 0 Å². The molecular weight excluding hydrogens is 391 g/mol. The second kappa shape index (κ2) is 8.46. The van der Waals surface area contributed by atoms with Gasteiger partial charge in [0.1, 0.15) is 0 Å². The van der Waals surface area contributed by atoms with Gasteiger partial charge in [0.15, 0.2) is 11.8 Å². The average molecular weight is 411 g/mol. The molecule has 0 aliphatic carbocycles. The van der Waals surface area contributed by atoms with E-state index in [1.54, 1.807) is 13.8 Å². The van der Waals surface area contributed by atoms with Crippen molar-refractivity contribution in [2.75, 3.05) is 0 Å². The molecule has 2 N–H and O–H groups in total. The van der Waals surface area contributed by atoms with Gasteiger partial charge >= 0.3 is 0 Å². The van der Waals surface area contributed by atoms with Crippen molar-refractivity contribution in [3.05, 3.63) is 77.6 Å². The number of ether oxygens (including phenoxy) is 1. The van der Waals surface area contributed by atoms with Gasteiger partial charge in [-0.1, -0.05) is 53.4 Å². The molecule has 1 aromatic carbocycles. The van der Waals surface area contributed by atoms with Crippen LogP contribution in [-0.2, 0) is 6.42 Å². The van der Waals surface area contributed by atoms with Crippen LogP contribution in [0, 0.1) is 18.5 Å². The molecule has 0 amide bonds. The summed E-state index contributed by atoms with van der Waals surface area (Å²) in [5.41, 5.74) is 1.05. The van der Waals surface area contributed by atoms with Crippen LogP contribution < -0.4 is 4.98 Å². The minimum absolute atomic E-state index is 0.0535. The normalized spacial score (nSPS) is 15.5. The van der Waals surface area contributed by atoms with Crippen LogP contribution in [0.15, 0.2) is 41.1 Å². The number of aliphatic hydroxyl groups is 3. The largest absolute Gasteiger partial charge is 0.752 e. The van der Waals surface area contributed by atoms with Crippen LogP contribution in [-0.4, -0.2) is 42.0 Å². The molecule has 10 heteroatoms. The van der Waals surface area contributed by atoms with E-state index in [0.29, 0.717) is 24.2 Å². The van der Waals surface area contributed by atoms with Gasteiger partial charge in [-0.15, -0.1) is 0 Å². The molecule has 0 saturated heterocycles. The van der Waals surface area contributed by atoms with Crippen LogP contribution in [0.5, 0.6) is 0 Å². The SMILES string of the molecule is C[C@@H]([N-][c+]1nc([N+]2=C[OH+][CH-][C-]2[C@@H](C)O)c(F)c[n-]1)c1noc(Cc2ccccc2)n1. The quantitative estimate of drug-likeness (QED) is 0.363. The predicted molar refractivity (Wildman–Crippen MR) is 105 cm³/mol. The zero-order valence-corrected chi connectivity index (χ0v) is 16.3. The summed E-state index contributed by atoms with van der Waals surface area (Å²) in [6, 6.07) is 9.67. The lowest BCUT2D eigenvalue weighted by molar-refractivity contribution is -0.428. The Morgan fingerprint density at radius 2 is 2.20 bits per heavy atom. The number of aliphatic hydroxyl groups excluding tert-OH is 1. The van der Waals surface area contributed by atoms with Gasteiger partial charge in [0, 0.05) is 18.3 Å². The van der Waals surface area contributed by atoms with Crippen molar-refractivity contribution in [3.8, 4) is 0 Å². The van der Waals surface area contributed by atoms with Crippen molar-refractivity contribution in [1.29, 1.82) is 0 Å². The third-order valence-electron chi connectivity index (χ3n) is 4.40. The zero-order chi connectivity index (χ0) is 21.1. The fraction of sp³-hybridized carbons (Fsp3) is 0.250. The van der Waals surface area contributed by atoms with E-state index in [2.05, 4.69) is 30.2 Å². The van der Waals surface area contributed by atoms with Gasteiger partial charge in [-0.05, 0) is 19.1 Å². The Morgan fingerprint density at radius 3 is 2.97 bits per heavy atom. The molecule has 1 aliphatic heterocycles. The molecule has 1 aliphatic rings. The minimum atomic E-state index is -0.844. The van der Waals surface area contributed by atoms with E-state index < -0.39 is 18.0 Å². The summed E-state index contributed by atoms with van der Waals surface area (Å²) in [6.07, 6.45) is 2.07. The molecule has 4 rings (SSSR count). The molecule has 3 heterocycles. The van der Waals surface area contributed by atoms with Gasteiger partial charge in [0.25, 0.3) is 12.2 Å². The van der Waals surface area contributed by atoms with Crippen LogP contribution in [0.3, 0.4) is 0 Å². The lowest BCUT2D eigenvalue weighted by atomic mass is 10.1. The number of hydrogen-bond acceptors (Lipinski definition) is 5. The molecule has 2 aromatic heterocycles. The van der Waals surface area contributed by atoms with Crippen LogP contribution >= 0.6 is 0 Å². The second-order valence-corrected chi connectivity index (χ2v) is 6.72. The first-order valence-corrected chi connectivity index (χ1v) is 9.31. The average Bonchev–Trinajstić information content (AvgIpc) is 3.40. The van der Waals surface area contributed by atoms with E-state index in [9.17, 15) is 9.50 Å². The Labute approximate surface area is 172 Å². The first kappa shape index (κ1) is 19.8. The smallest absolute Gasteiger partial charge is 0.288 e.